The highest BCUT2D eigenvalue weighted by Crippen LogP contribution is 2.43. The molecule has 1 N–H and O–H groups in total. The van der Waals surface area contributed by atoms with E-state index in [0.29, 0.717) is 42.3 Å². The van der Waals surface area contributed by atoms with Gasteiger partial charge in [-0.3, -0.25) is 9.59 Å². The summed E-state index contributed by atoms with van der Waals surface area (Å²) >= 11 is 0. The number of benzene rings is 3. The van der Waals surface area contributed by atoms with E-state index in [9.17, 15) is 14.7 Å². The van der Waals surface area contributed by atoms with E-state index in [0.717, 1.165) is 36.1 Å². The van der Waals surface area contributed by atoms with Crippen molar-refractivity contribution in [2.45, 2.75) is 65.1 Å². The molecule has 0 aliphatic carbocycles. The first-order valence-electron chi connectivity index (χ1n) is 14.4. The minimum Gasteiger partial charge on any atom is -0.507 e. The van der Waals surface area contributed by atoms with Crippen LogP contribution < -0.4 is 14.2 Å². The molecule has 3 aromatic carbocycles. The van der Waals surface area contributed by atoms with Crippen LogP contribution in [0.1, 0.15) is 68.3 Å². The van der Waals surface area contributed by atoms with Crippen LogP contribution in [0.2, 0.25) is 0 Å². The van der Waals surface area contributed by atoms with E-state index in [1.165, 1.54) is 4.90 Å². The van der Waals surface area contributed by atoms with Crippen molar-refractivity contribution >= 4 is 17.4 Å². The van der Waals surface area contributed by atoms with Crippen LogP contribution in [-0.4, -0.2) is 41.0 Å². The fourth-order valence-corrected chi connectivity index (χ4v) is 5.51. The molecule has 7 nitrogen and oxygen atoms in total. The Balaban J connectivity index is 1.59. The van der Waals surface area contributed by atoms with Crippen LogP contribution >= 0.6 is 0 Å². The average molecular weight is 556 g/mol. The molecule has 214 valence electrons. The quantitative estimate of drug-likeness (QED) is 0.124. The minimum absolute atomic E-state index is 0.0403. The Morgan fingerprint density at radius 2 is 1.78 bits per heavy atom. The number of amides is 1. The summed E-state index contributed by atoms with van der Waals surface area (Å²) in [6.07, 6.45) is 3.85. The minimum atomic E-state index is -0.813. The molecular formula is C34H37NO6. The molecule has 1 saturated heterocycles. The summed E-state index contributed by atoms with van der Waals surface area (Å²) in [4.78, 5) is 28.6. The van der Waals surface area contributed by atoms with Gasteiger partial charge in [0.25, 0.3) is 11.7 Å². The smallest absolute Gasteiger partial charge is 0.295 e. The number of unbranched alkanes of at least 4 members (excludes halogenated alkanes) is 2. The van der Waals surface area contributed by atoms with E-state index >= 15 is 0 Å². The number of fused-ring (bicyclic) bond motifs is 1. The Morgan fingerprint density at radius 1 is 0.976 bits per heavy atom. The molecule has 2 aliphatic heterocycles. The van der Waals surface area contributed by atoms with Crippen LogP contribution in [0.25, 0.3) is 5.76 Å². The number of hydrogen-bond donors (Lipinski definition) is 1. The largest absolute Gasteiger partial charge is 0.507 e. The summed E-state index contributed by atoms with van der Waals surface area (Å²) in [7, 11) is 0. The highest BCUT2D eigenvalue weighted by Gasteiger charge is 2.46. The van der Waals surface area contributed by atoms with E-state index in [1.807, 2.05) is 68.4 Å². The normalized spacial score (nSPS) is 19.2. The zero-order valence-corrected chi connectivity index (χ0v) is 23.9. The molecule has 7 heteroatoms. The molecular weight excluding hydrogens is 518 g/mol. The van der Waals surface area contributed by atoms with Crippen molar-refractivity contribution in [3.8, 4) is 17.2 Å². The Hall–Kier alpha value is -4.26. The van der Waals surface area contributed by atoms with Crippen LogP contribution in [0.4, 0.5) is 0 Å². The van der Waals surface area contributed by atoms with Crippen molar-refractivity contribution in [1.29, 1.82) is 0 Å². The fourth-order valence-electron chi connectivity index (χ4n) is 5.51. The number of ketones is 1. The summed E-state index contributed by atoms with van der Waals surface area (Å²) in [5.74, 6) is 0.341. The zero-order valence-electron chi connectivity index (χ0n) is 23.9. The summed E-state index contributed by atoms with van der Waals surface area (Å²) in [5.41, 5.74) is 3.02. The Kier molecular flexibility index (Phi) is 8.62. The second kappa shape index (κ2) is 12.5. The van der Waals surface area contributed by atoms with Gasteiger partial charge in [0.15, 0.2) is 11.5 Å². The number of aliphatic hydroxyl groups is 1. The summed E-state index contributed by atoms with van der Waals surface area (Å²) < 4.78 is 17.8. The van der Waals surface area contributed by atoms with Gasteiger partial charge in [-0.1, -0.05) is 56.2 Å². The number of likely N-dealkylation sites (tertiary alicyclic amines) is 1. The van der Waals surface area contributed by atoms with Crippen molar-refractivity contribution in [3.63, 3.8) is 0 Å². The molecule has 2 heterocycles. The van der Waals surface area contributed by atoms with E-state index in [1.54, 1.807) is 12.1 Å². The number of carbonyl (C=O) groups is 2. The van der Waals surface area contributed by atoms with E-state index in [2.05, 4.69) is 6.92 Å². The lowest BCUT2D eigenvalue weighted by Gasteiger charge is -2.26. The van der Waals surface area contributed by atoms with Gasteiger partial charge in [-0.25, -0.2) is 0 Å². The van der Waals surface area contributed by atoms with E-state index in [-0.39, 0.29) is 24.0 Å². The predicted octanol–water partition coefficient (Wildman–Crippen LogP) is 6.60. The number of carbonyl (C=O) groups excluding carboxylic acids is 2. The standard InChI is InChI=1S/C34H37NO6/c1-4-6-10-17-40-28-16-13-24(20-29(28)39-5-2)31-30(32(36)25-14-15-27-26(19-25)18-22(3)41-27)33(37)34(38)35(31)21-23-11-8-7-9-12-23/h7-9,11-16,19-20,22,31,36H,4-6,10,17-18,21H2,1-3H3/b32-30+/t22-,31+/m1/s1. The third kappa shape index (κ3) is 5.94. The SMILES string of the molecule is CCCCCOc1ccc([C@H]2/C(=C(\O)c3ccc4c(c3)C[C@@H](C)O4)C(=O)C(=O)N2Cc2ccccc2)cc1OCC. The maximum absolute atomic E-state index is 13.6. The first-order valence-corrected chi connectivity index (χ1v) is 14.4. The Morgan fingerprint density at radius 3 is 2.54 bits per heavy atom. The molecule has 0 unspecified atom stereocenters. The molecule has 3 aromatic rings. The van der Waals surface area contributed by atoms with Gasteiger partial charge in [-0.05, 0) is 67.3 Å². The average Bonchev–Trinajstić information content (AvgIpc) is 3.47. The van der Waals surface area contributed by atoms with Crippen molar-refractivity contribution in [1.82, 2.24) is 4.90 Å². The second-order valence-corrected chi connectivity index (χ2v) is 10.6. The lowest BCUT2D eigenvalue weighted by atomic mass is 9.94. The van der Waals surface area contributed by atoms with Crippen molar-refractivity contribution in [3.05, 3.63) is 94.6 Å². The molecule has 0 aromatic heterocycles. The number of ether oxygens (including phenoxy) is 3. The van der Waals surface area contributed by atoms with Crippen LogP contribution in [0.3, 0.4) is 0 Å². The van der Waals surface area contributed by atoms with Crippen LogP contribution in [0.5, 0.6) is 17.2 Å². The van der Waals surface area contributed by atoms with Gasteiger partial charge >= 0.3 is 0 Å². The lowest BCUT2D eigenvalue weighted by molar-refractivity contribution is -0.140. The summed E-state index contributed by atoms with van der Waals surface area (Å²) in [5, 5.41) is 11.6. The topological polar surface area (TPSA) is 85.3 Å². The molecule has 2 atom stereocenters. The van der Waals surface area contributed by atoms with Gasteiger partial charge in [0.05, 0.1) is 24.8 Å². The first-order chi connectivity index (χ1) is 19.9. The lowest BCUT2D eigenvalue weighted by Crippen LogP contribution is -2.29. The fraction of sp³-hybridized carbons (Fsp3) is 0.353. The van der Waals surface area contributed by atoms with Crippen LogP contribution in [0, 0.1) is 0 Å². The molecule has 0 bridgehead atoms. The number of nitrogens with zero attached hydrogens (tertiary/aromatic N) is 1. The van der Waals surface area contributed by atoms with Crippen molar-refractivity contribution in [2.24, 2.45) is 0 Å². The molecule has 41 heavy (non-hydrogen) atoms. The van der Waals surface area contributed by atoms with Crippen molar-refractivity contribution < 1.29 is 28.9 Å². The maximum Gasteiger partial charge on any atom is 0.295 e. The highest BCUT2D eigenvalue weighted by molar-refractivity contribution is 6.46. The van der Waals surface area contributed by atoms with E-state index < -0.39 is 17.7 Å². The Bertz CT molecular complexity index is 1450. The van der Waals surface area contributed by atoms with Gasteiger partial charge in [0.2, 0.25) is 0 Å². The monoisotopic (exact) mass is 555 g/mol. The number of rotatable bonds is 11. The molecule has 0 radical (unpaired) electrons. The van der Waals surface area contributed by atoms with Crippen LogP contribution in [0.15, 0.2) is 72.3 Å². The highest BCUT2D eigenvalue weighted by atomic mass is 16.5. The predicted molar refractivity (Wildman–Crippen MR) is 157 cm³/mol. The first kappa shape index (κ1) is 28.3. The Labute approximate surface area is 241 Å². The van der Waals surface area contributed by atoms with Gasteiger partial charge in [0, 0.05) is 18.5 Å². The molecule has 1 fully saturated rings. The molecule has 0 saturated carbocycles. The van der Waals surface area contributed by atoms with Gasteiger partial charge < -0.3 is 24.2 Å². The molecule has 1 amide bonds. The molecule has 0 spiro atoms. The summed E-state index contributed by atoms with van der Waals surface area (Å²) in [6, 6.07) is 19.6. The number of hydrogen-bond acceptors (Lipinski definition) is 6. The number of Topliss-reactive ketones (excluding diaryl/α,β-unsaturated/α-hetero) is 1. The molecule has 5 rings (SSSR count). The zero-order chi connectivity index (χ0) is 28.9. The summed E-state index contributed by atoms with van der Waals surface area (Å²) in [6.45, 7) is 7.23. The maximum atomic E-state index is 13.6. The van der Waals surface area contributed by atoms with Gasteiger partial charge in [-0.15, -0.1) is 0 Å². The van der Waals surface area contributed by atoms with Gasteiger partial charge in [0.1, 0.15) is 17.6 Å². The van der Waals surface area contributed by atoms with E-state index in [4.69, 9.17) is 14.2 Å². The van der Waals surface area contributed by atoms with Crippen molar-refractivity contribution in [2.75, 3.05) is 13.2 Å². The third-order valence-electron chi connectivity index (χ3n) is 7.49. The van der Waals surface area contributed by atoms with Crippen LogP contribution in [-0.2, 0) is 22.6 Å². The molecule has 2 aliphatic rings. The second-order valence-electron chi connectivity index (χ2n) is 10.6. The number of aliphatic hydroxyl groups excluding tert-OH is 1. The third-order valence-corrected chi connectivity index (χ3v) is 7.49. The van der Waals surface area contributed by atoms with Gasteiger partial charge in [-0.2, -0.15) is 0 Å².